The second kappa shape index (κ2) is 7.40. The molecule has 1 aliphatic rings. The minimum atomic E-state index is -0.938. The third-order valence-corrected chi connectivity index (χ3v) is 3.89. The highest BCUT2D eigenvalue weighted by molar-refractivity contribution is 6.29. The Bertz CT molecular complexity index is 711. The molecule has 2 heterocycles. The summed E-state index contributed by atoms with van der Waals surface area (Å²) in [6.45, 7) is 1.19. The van der Waals surface area contributed by atoms with Gasteiger partial charge in [-0.3, -0.25) is 0 Å². The molecule has 0 saturated carbocycles. The molecule has 0 bridgehead atoms. The number of pyridine rings is 1. The van der Waals surface area contributed by atoms with Crippen LogP contribution in [0.15, 0.2) is 42.5 Å². The highest BCUT2D eigenvalue weighted by Gasteiger charge is 2.27. The molecule has 1 atom stereocenters. The summed E-state index contributed by atoms with van der Waals surface area (Å²) in [5.41, 5.74) is 1.04. The van der Waals surface area contributed by atoms with Crippen molar-refractivity contribution in [2.45, 2.75) is 19.1 Å². The van der Waals surface area contributed by atoms with E-state index in [0.717, 1.165) is 5.56 Å². The highest BCUT2D eigenvalue weighted by atomic mass is 35.5. The van der Waals surface area contributed by atoms with E-state index >= 15 is 0 Å². The van der Waals surface area contributed by atoms with Gasteiger partial charge in [0.05, 0.1) is 6.54 Å². The maximum Gasteiger partial charge on any atom is 0.407 e. The van der Waals surface area contributed by atoms with Crippen molar-refractivity contribution in [2.24, 2.45) is 0 Å². The maximum atomic E-state index is 10.9. The SMILES string of the molecule is O=C(O)N1CCC(Oc2cc(OCc3ccccc3)cc(Cl)n2)C1. The number of carbonyl (C=O) groups is 1. The molecule has 1 fully saturated rings. The number of benzene rings is 1. The molecular formula is C17H17ClN2O4. The van der Waals surface area contributed by atoms with Crippen molar-refractivity contribution >= 4 is 17.7 Å². The minimum absolute atomic E-state index is 0.228. The second-order valence-electron chi connectivity index (χ2n) is 5.50. The average Bonchev–Trinajstić information content (AvgIpc) is 3.02. The summed E-state index contributed by atoms with van der Waals surface area (Å²) in [6.07, 6.45) is -0.540. The van der Waals surface area contributed by atoms with E-state index < -0.39 is 6.09 Å². The van der Waals surface area contributed by atoms with Crippen LogP contribution in [0.2, 0.25) is 5.15 Å². The predicted molar refractivity (Wildman–Crippen MR) is 88.7 cm³/mol. The van der Waals surface area contributed by atoms with E-state index in [-0.39, 0.29) is 11.3 Å². The number of hydrogen-bond acceptors (Lipinski definition) is 4. The molecule has 7 heteroatoms. The normalized spacial score (nSPS) is 16.9. The average molecular weight is 349 g/mol. The number of rotatable bonds is 5. The zero-order valence-corrected chi connectivity index (χ0v) is 13.6. The molecule has 0 aliphatic carbocycles. The van der Waals surface area contributed by atoms with Gasteiger partial charge >= 0.3 is 6.09 Å². The van der Waals surface area contributed by atoms with E-state index in [4.69, 9.17) is 26.2 Å². The van der Waals surface area contributed by atoms with Gasteiger partial charge in [0, 0.05) is 25.1 Å². The number of likely N-dealkylation sites (tertiary alicyclic amines) is 1. The molecule has 1 aromatic heterocycles. The van der Waals surface area contributed by atoms with Crippen LogP contribution < -0.4 is 9.47 Å². The lowest BCUT2D eigenvalue weighted by atomic mass is 10.2. The predicted octanol–water partition coefficient (Wildman–Crippen LogP) is 3.45. The Morgan fingerprint density at radius 1 is 1.33 bits per heavy atom. The van der Waals surface area contributed by atoms with E-state index in [2.05, 4.69) is 4.98 Å². The largest absolute Gasteiger partial charge is 0.489 e. The number of ether oxygens (including phenoxy) is 2. The molecule has 2 aromatic rings. The van der Waals surface area contributed by atoms with Crippen molar-refractivity contribution in [1.29, 1.82) is 0 Å². The zero-order valence-electron chi connectivity index (χ0n) is 12.9. The van der Waals surface area contributed by atoms with E-state index in [1.807, 2.05) is 30.3 Å². The van der Waals surface area contributed by atoms with E-state index in [1.54, 1.807) is 12.1 Å². The summed E-state index contributed by atoms with van der Waals surface area (Å²) in [5, 5.41) is 9.24. The fraction of sp³-hybridized carbons (Fsp3) is 0.294. The molecule has 1 unspecified atom stereocenters. The van der Waals surface area contributed by atoms with Gasteiger partial charge in [0.2, 0.25) is 5.88 Å². The zero-order chi connectivity index (χ0) is 16.9. The lowest BCUT2D eigenvalue weighted by Gasteiger charge is -2.15. The third kappa shape index (κ3) is 4.29. The van der Waals surface area contributed by atoms with Gasteiger partial charge in [-0.1, -0.05) is 41.9 Å². The summed E-state index contributed by atoms with van der Waals surface area (Å²) in [7, 11) is 0. The molecular weight excluding hydrogens is 332 g/mol. The molecule has 1 aliphatic heterocycles. The van der Waals surface area contributed by atoms with Crippen molar-refractivity contribution in [3.05, 3.63) is 53.2 Å². The number of halogens is 1. The monoisotopic (exact) mass is 348 g/mol. The molecule has 3 rings (SSSR count). The molecule has 0 radical (unpaired) electrons. The Morgan fingerprint density at radius 2 is 2.12 bits per heavy atom. The Balaban J connectivity index is 1.62. The first-order valence-corrected chi connectivity index (χ1v) is 7.97. The number of hydrogen-bond donors (Lipinski definition) is 1. The van der Waals surface area contributed by atoms with Gasteiger partial charge in [-0.05, 0) is 5.56 Å². The van der Waals surface area contributed by atoms with Gasteiger partial charge in [-0.25, -0.2) is 9.78 Å². The van der Waals surface area contributed by atoms with Crippen LogP contribution >= 0.6 is 11.6 Å². The number of aromatic nitrogens is 1. The van der Waals surface area contributed by atoms with Crippen molar-refractivity contribution < 1.29 is 19.4 Å². The number of amides is 1. The molecule has 6 nitrogen and oxygen atoms in total. The van der Waals surface area contributed by atoms with Crippen LogP contribution in [-0.4, -0.2) is 40.3 Å². The number of carboxylic acid groups (broad SMARTS) is 1. The van der Waals surface area contributed by atoms with Crippen molar-refractivity contribution in [3.63, 3.8) is 0 Å². The topological polar surface area (TPSA) is 71.9 Å². The van der Waals surface area contributed by atoms with Crippen LogP contribution in [0.4, 0.5) is 4.79 Å². The van der Waals surface area contributed by atoms with Crippen molar-refractivity contribution in [3.8, 4) is 11.6 Å². The number of nitrogens with zero attached hydrogens (tertiary/aromatic N) is 2. The summed E-state index contributed by atoms with van der Waals surface area (Å²) >= 11 is 6.02. The summed E-state index contributed by atoms with van der Waals surface area (Å²) in [4.78, 5) is 16.4. The van der Waals surface area contributed by atoms with Gasteiger partial charge in [-0.2, -0.15) is 0 Å². The van der Waals surface area contributed by atoms with Crippen LogP contribution in [0, 0.1) is 0 Å². The van der Waals surface area contributed by atoms with E-state index in [9.17, 15) is 4.79 Å². The molecule has 1 N–H and O–H groups in total. The van der Waals surface area contributed by atoms with Crippen LogP contribution in [-0.2, 0) is 6.61 Å². The third-order valence-electron chi connectivity index (χ3n) is 3.70. The van der Waals surface area contributed by atoms with Crippen LogP contribution in [0.1, 0.15) is 12.0 Å². The van der Waals surface area contributed by atoms with Gasteiger partial charge in [0.1, 0.15) is 23.6 Å². The fourth-order valence-electron chi connectivity index (χ4n) is 2.50. The Hall–Kier alpha value is -2.47. The fourth-order valence-corrected chi connectivity index (χ4v) is 2.69. The van der Waals surface area contributed by atoms with Gasteiger partial charge < -0.3 is 19.5 Å². The van der Waals surface area contributed by atoms with E-state index in [0.29, 0.717) is 37.7 Å². The Kier molecular flexibility index (Phi) is 5.05. The summed E-state index contributed by atoms with van der Waals surface area (Å²) in [5.74, 6) is 0.893. The summed E-state index contributed by atoms with van der Waals surface area (Å²) < 4.78 is 11.5. The lowest BCUT2D eigenvalue weighted by molar-refractivity contribution is 0.144. The van der Waals surface area contributed by atoms with Crippen LogP contribution in [0.25, 0.3) is 0 Å². The molecule has 1 amide bonds. The van der Waals surface area contributed by atoms with Crippen LogP contribution in [0.3, 0.4) is 0 Å². The molecule has 1 saturated heterocycles. The van der Waals surface area contributed by atoms with Crippen molar-refractivity contribution in [1.82, 2.24) is 9.88 Å². The molecule has 126 valence electrons. The first-order valence-electron chi connectivity index (χ1n) is 7.59. The van der Waals surface area contributed by atoms with E-state index in [1.165, 1.54) is 4.90 Å². The summed E-state index contributed by atoms with van der Waals surface area (Å²) in [6, 6.07) is 13.1. The quantitative estimate of drug-likeness (QED) is 0.838. The van der Waals surface area contributed by atoms with Gasteiger partial charge in [-0.15, -0.1) is 0 Å². The lowest BCUT2D eigenvalue weighted by Crippen LogP contribution is -2.29. The van der Waals surface area contributed by atoms with Crippen molar-refractivity contribution in [2.75, 3.05) is 13.1 Å². The molecule has 1 aromatic carbocycles. The smallest absolute Gasteiger partial charge is 0.407 e. The van der Waals surface area contributed by atoms with Gasteiger partial charge in [0.25, 0.3) is 0 Å². The maximum absolute atomic E-state index is 10.9. The van der Waals surface area contributed by atoms with Crippen LogP contribution in [0.5, 0.6) is 11.6 Å². The standard InChI is InChI=1S/C17H17ClN2O4/c18-15-8-14(23-11-12-4-2-1-3-5-12)9-16(19-15)24-13-6-7-20(10-13)17(21)22/h1-5,8-9,13H,6-7,10-11H2,(H,21,22). The first-order chi connectivity index (χ1) is 11.6. The molecule has 0 spiro atoms. The highest BCUT2D eigenvalue weighted by Crippen LogP contribution is 2.25. The Morgan fingerprint density at radius 3 is 2.83 bits per heavy atom. The second-order valence-corrected chi connectivity index (χ2v) is 5.88. The van der Waals surface area contributed by atoms with Gasteiger partial charge in [0.15, 0.2) is 0 Å². The first kappa shape index (κ1) is 16.4. The minimum Gasteiger partial charge on any atom is -0.489 e. The Labute approximate surface area is 144 Å². The molecule has 24 heavy (non-hydrogen) atoms.